The van der Waals surface area contributed by atoms with E-state index in [4.69, 9.17) is 14.6 Å². The van der Waals surface area contributed by atoms with Gasteiger partial charge in [-0.05, 0) is 29.6 Å². The van der Waals surface area contributed by atoms with E-state index in [2.05, 4.69) is 40.7 Å². The van der Waals surface area contributed by atoms with Gasteiger partial charge in [-0.3, -0.25) is 5.01 Å². The largest absolute Gasteiger partial charge is 0.493 e. The molecule has 2 heterocycles. The van der Waals surface area contributed by atoms with Crippen LogP contribution in [0.25, 0.3) is 0 Å². The minimum Gasteiger partial charge on any atom is -0.493 e. The fourth-order valence-corrected chi connectivity index (χ4v) is 4.06. The SMILES string of the molecule is COc1cccc(C2CC(c3cccs3)=NN2c2ccccc2)c1OC. The smallest absolute Gasteiger partial charge is 0.166 e. The summed E-state index contributed by atoms with van der Waals surface area (Å²) in [6, 6.07) is 20.5. The fourth-order valence-electron chi connectivity index (χ4n) is 3.34. The van der Waals surface area contributed by atoms with Gasteiger partial charge in [0.1, 0.15) is 0 Å². The second-order valence-electron chi connectivity index (χ2n) is 6.01. The van der Waals surface area contributed by atoms with Gasteiger partial charge < -0.3 is 9.47 Å². The van der Waals surface area contributed by atoms with Gasteiger partial charge in [0, 0.05) is 12.0 Å². The number of nitrogens with zero attached hydrogens (tertiary/aromatic N) is 2. The first-order valence-corrected chi connectivity index (χ1v) is 9.36. The van der Waals surface area contributed by atoms with Gasteiger partial charge in [0.25, 0.3) is 0 Å². The Labute approximate surface area is 157 Å². The molecule has 26 heavy (non-hydrogen) atoms. The molecule has 0 N–H and O–H groups in total. The van der Waals surface area contributed by atoms with Crippen LogP contribution in [0.4, 0.5) is 5.69 Å². The fraction of sp³-hybridized carbons (Fsp3) is 0.190. The number of thiophene rings is 1. The molecule has 0 bridgehead atoms. The lowest BCUT2D eigenvalue weighted by Crippen LogP contribution is -2.19. The summed E-state index contributed by atoms with van der Waals surface area (Å²) in [4.78, 5) is 1.20. The standard InChI is InChI=1S/C21H20N2O2S/c1-24-19-11-6-10-16(21(19)25-2)18-14-17(20-12-7-13-26-20)22-23(18)15-8-4-3-5-9-15/h3-13,18H,14H2,1-2H3. The van der Waals surface area contributed by atoms with E-state index in [9.17, 15) is 0 Å². The molecule has 1 aromatic heterocycles. The van der Waals surface area contributed by atoms with Gasteiger partial charge in [-0.1, -0.05) is 36.4 Å². The Morgan fingerprint density at radius 1 is 0.962 bits per heavy atom. The molecule has 0 radical (unpaired) electrons. The molecule has 0 saturated carbocycles. The van der Waals surface area contributed by atoms with Gasteiger partial charge >= 0.3 is 0 Å². The minimum absolute atomic E-state index is 0.0551. The van der Waals surface area contributed by atoms with Crippen LogP contribution in [0.2, 0.25) is 0 Å². The van der Waals surface area contributed by atoms with E-state index in [1.165, 1.54) is 4.88 Å². The average Bonchev–Trinajstić information content (AvgIpc) is 3.37. The van der Waals surface area contributed by atoms with Crippen molar-refractivity contribution < 1.29 is 9.47 Å². The number of hydrogen-bond acceptors (Lipinski definition) is 5. The highest BCUT2D eigenvalue weighted by Crippen LogP contribution is 2.43. The first-order valence-electron chi connectivity index (χ1n) is 8.48. The lowest BCUT2D eigenvalue weighted by atomic mass is 9.99. The highest BCUT2D eigenvalue weighted by atomic mass is 32.1. The highest BCUT2D eigenvalue weighted by Gasteiger charge is 2.33. The zero-order valence-corrected chi connectivity index (χ0v) is 15.6. The van der Waals surface area contributed by atoms with Gasteiger partial charge in [-0.25, -0.2) is 0 Å². The zero-order valence-electron chi connectivity index (χ0n) is 14.8. The van der Waals surface area contributed by atoms with E-state index in [0.717, 1.165) is 34.9 Å². The topological polar surface area (TPSA) is 34.1 Å². The van der Waals surface area contributed by atoms with Gasteiger partial charge in [0.2, 0.25) is 0 Å². The number of rotatable bonds is 5. The number of ether oxygens (including phenoxy) is 2. The van der Waals surface area contributed by atoms with Crippen LogP contribution in [0.1, 0.15) is 22.9 Å². The molecule has 132 valence electrons. The summed E-state index contributed by atoms with van der Waals surface area (Å²) in [6.45, 7) is 0. The Balaban J connectivity index is 1.80. The first kappa shape index (κ1) is 16.7. The summed E-state index contributed by atoms with van der Waals surface area (Å²) < 4.78 is 11.2. The molecule has 4 nitrogen and oxygen atoms in total. The predicted octanol–water partition coefficient (Wildman–Crippen LogP) is 5.12. The Hall–Kier alpha value is -2.79. The maximum Gasteiger partial charge on any atom is 0.166 e. The Morgan fingerprint density at radius 2 is 1.81 bits per heavy atom. The molecule has 0 aliphatic carbocycles. The normalized spacial score (nSPS) is 16.5. The quantitative estimate of drug-likeness (QED) is 0.630. The number of para-hydroxylation sites is 2. The lowest BCUT2D eigenvalue weighted by Gasteiger charge is -2.26. The van der Waals surface area contributed by atoms with Crippen molar-refractivity contribution in [1.82, 2.24) is 0 Å². The molecule has 0 saturated heterocycles. The maximum absolute atomic E-state index is 5.69. The summed E-state index contributed by atoms with van der Waals surface area (Å²) in [5.41, 5.74) is 3.23. The van der Waals surface area contributed by atoms with Crippen molar-refractivity contribution in [2.75, 3.05) is 19.2 Å². The second kappa shape index (κ2) is 7.22. The van der Waals surface area contributed by atoms with Crippen molar-refractivity contribution in [1.29, 1.82) is 0 Å². The van der Waals surface area contributed by atoms with E-state index in [1.807, 2.05) is 30.3 Å². The zero-order chi connectivity index (χ0) is 17.9. The Morgan fingerprint density at radius 3 is 2.50 bits per heavy atom. The number of hydrazone groups is 1. The molecule has 0 fully saturated rings. The van der Waals surface area contributed by atoms with Crippen LogP contribution in [0.3, 0.4) is 0 Å². The van der Waals surface area contributed by atoms with Crippen molar-refractivity contribution in [3.63, 3.8) is 0 Å². The van der Waals surface area contributed by atoms with Crippen molar-refractivity contribution in [3.8, 4) is 11.5 Å². The third-order valence-electron chi connectivity index (χ3n) is 4.53. The molecule has 1 aliphatic heterocycles. The van der Waals surface area contributed by atoms with Crippen molar-refractivity contribution in [3.05, 3.63) is 76.5 Å². The first-order chi connectivity index (χ1) is 12.8. The summed E-state index contributed by atoms with van der Waals surface area (Å²) in [5.74, 6) is 1.51. The monoisotopic (exact) mass is 364 g/mol. The second-order valence-corrected chi connectivity index (χ2v) is 6.95. The summed E-state index contributed by atoms with van der Waals surface area (Å²) in [6.07, 6.45) is 0.818. The number of hydrogen-bond donors (Lipinski definition) is 0. The number of methoxy groups -OCH3 is 2. The summed E-state index contributed by atoms with van der Waals surface area (Å²) in [7, 11) is 3.35. The van der Waals surface area contributed by atoms with Gasteiger partial charge in [0.15, 0.2) is 11.5 Å². The van der Waals surface area contributed by atoms with Gasteiger partial charge in [-0.15, -0.1) is 11.3 Å². The maximum atomic E-state index is 5.69. The molecule has 0 spiro atoms. The van der Waals surface area contributed by atoms with Crippen LogP contribution in [0.5, 0.6) is 11.5 Å². The summed E-state index contributed by atoms with van der Waals surface area (Å²) in [5, 5.41) is 9.13. The van der Waals surface area contributed by atoms with Crippen molar-refractivity contribution in [2.24, 2.45) is 5.10 Å². The number of benzene rings is 2. The molecule has 0 amide bonds. The van der Waals surface area contributed by atoms with E-state index >= 15 is 0 Å². The van der Waals surface area contributed by atoms with Crippen LogP contribution < -0.4 is 14.5 Å². The van der Waals surface area contributed by atoms with Crippen LogP contribution in [0, 0.1) is 0 Å². The third kappa shape index (κ3) is 2.95. The molecule has 1 aliphatic rings. The minimum atomic E-state index is 0.0551. The molecular formula is C21H20N2O2S. The van der Waals surface area contributed by atoms with Crippen LogP contribution >= 0.6 is 11.3 Å². The van der Waals surface area contributed by atoms with Crippen LogP contribution in [-0.2, 0) is 0 Å². The van der Waals surface area contributed by atoms with E-state index < -0.39 is 0 Å². The highest BCUT2D eigenvalue weighted by molar-refractivity contribution is 7.12. The van der Waals surface area contributed by atoms with E-state index in [0.29, 0.717) is 0 Å². The van der Waals surface area contributed by atoms with Crippen LogP contribution in [-0.4, -0.2) is 19.9 Å². The van der Waals surface area contributed by atoms with E-state index in [-0.39, 0.29) is 6.04 Å². The molecule has 3 aromatic rings. The van der Waals surface area contributed by atoms with Crippen molar-refractivity contribution >= 4 is 22.7 Å². The molecule has 1 atom stereocenters. The average molecular weight is 364 g/mol. The molecule has 5 heteroatoms. The third-order valence-corrected chi connectivity index (χ3v) is 5.45. The van der Waals surface area contributed by atoms with Crippen molar-refractivity contribution in [2.45, 2.75) is 12.5 Å². The molecule has 2 aromatic carbocycles. The van der Waals surface area contributed by atoms with Crippen LogP contribution in [0.15, 0.2) is 71.1 Å². The van der Waals surface area contributed by atoms with Gasteiger partial charge in [0.05, 0.1) is 36.5 Å². The molecule has 1 unspecified atom stereocenters. The summed E-state index contributed by atoms with van der Waals surface area (Å²) >= 11 is 1.72. The lowest BCUT2D eigenvalue weighted by molar-refractivity contribution is 0.349. The van der Waals surface area contributed by atoms with E-state index in [1.54, 1.807) is 25.6 Å². The van der Waals surface area contributed by atoms with Gasteiger partial charge in [-0.2, -0.15) is 5.10 Å². The molecule has 4 rings (SSSR count). The Bertz CT molecular complexity index is 907. The Kier molecular flexibility index (Phi) is 4.63. The predicted molar refractivity (Wildman–Crippen MR) is 107 cm³/mol. The molecular weight excluding hydrogens is 344 g/mol. The number of anilines is 1.